The minimum Gasteiger partial charge on any atom is -0.481 e. The molecule has 0 radical (unpaired) electrons. The van der Waals surface area contributed by atoms with E-state index in [9.17, 15) is 0 Å². The highest BCUT2D eigenvalue weighted by Crippen LogP contribution is 2.20. The zero-order chi connectivity index (χ0) is 13.0. The molecule has 3 aromatic rings. The molecule has 0 amide bonds. The van der Waals surface area contributed by atoms with Crippen molar-refractivity contribution in [3.8, 4) is 0 Å². The highest BCUT2D eigenvalue weighted by Gasteiger charge is 1.99. The van der Waals surface area contributed by atoms with E-state index in [1.54, 1.807) is 6.20 Å². The van der Waals surface area contributed by atoms with Gasteiger partial charge < -0.3 is 5.11 Å². The SMILES string of the molecule is CC(=O)O.c1cnc2c(c1)ccc1ncccc12. The van der Waals surface area contributed by atoms with Gasteiger partial charge in [-0.05, 0) is 24.3 Å². The molecule has 3 rings (SSSR count). The Hall–Kier alpha value is -2.49. The van der Waals surface area contributed by atoms with Crippen molar-refractivity contribution in [2.45, 2.75) is 6.92 Å². The van der Waals surface area contributed by atoms with Crippen molar-refractivity contribution in [3.63, 3.8) is 0 Å². The van der Waals surface area contributed by atoms with Crippen molar-refractivity contribution in [2.24, 2.45) is 0 Å². The molecule has 0 saturated carbocycles. The van der Waals surface area contributed by atoms with Gasteiger partial charge in [0.25, 0.3) is 5.97 Å². The topological polar surface area (TPSA) is 63.1 Å². The third-order valence-corrected chi connectivity index (χ3v) is 2.35. The summed E-state index contributed by atoms with van der Waals surface area (Å²) in [6.07, 6.45) is 3.62. The van der Waals surface area contributed by atoms with Gasteiger partial charge in [0.2, 0.25) is 0 Å². The van der Waals surface area contributed by atoms with Crippen LogP contribution in [0.25, 0.3) is 21.8 Å². The first kappa shape index (κ1) is 12.0. The Labute approximate surface area is 104 Å². The predicted octanol–water partition coefficient (Wildman–Crippen LogP) is 2.87. The quantitative estimate of drug-likeness (QED) is 0.614. The Bertz CT molecular complexity index is 637. The molecule has 2 heterocycles. The minimum absolute atomic E-state index is 0.833. The van der Waals surface area contributed by atoms with E-state index in [-0.39, 0.29) is 0 Å². The van der Waals surface area contributed by atoms with E-state index in [1.165, 1.54) is 0 Å². The zero-order valence-electron chi connectivity index (χ0n) is 9.87. The lowest BCUT2D eigenvalue weighted by Gasteiger charge is -2.00. The van der Waals surface area contributed by atoms with Crippen LogP contribution in [0, 0.1) is 0 Å². The number of pyridine rings is 2. The van der Waals surface area contributed by atoms with Crippen molar-refractivity contribution in [2.75, 3.05) is 0 Å². The number of aromatic nitrogens is 2. The standard InChI is InChI=1S/C12H8N2.C2H4O2/c1-3-9-5-6-11-10(4-2-7-13-11)12(9)14-8-1;1-2(3)4/h1-8H;1H3,(H,3,4). The first-order chi connectivity index (χ1) is 8.68. The van der Waals surface area contributed by atoms with Gasteiger partial charge in [0.1, 0.15) is 0 Å². The maximum Gasteiger partial charge on any atom is 0.300 e. The molecule has 1 N–H and O–H groups in total. The molecular formula is C14H12N2O2. The molecule has 0 fully saturated rings. The Morgan fingerprint density at radius 3 is 2.50 bits per heavy atom. The van der Waals surface area contributed by atoms with Crippen LogP contribution in [-0.2, 0) is 4.79 Å². The summed E-state index contributed by atoms with van der Waals surface area (Å²) >= 11 is 0. The third kappa shape index (κ3) is 2.60. The maximum atomic E-state index is 9.00. The van der Waals surface area contributed by atoms with Gasteiger partial charge in [-0.3, -0.25) is 14.8 Å². The summed E-state index contributed by atoms with van der Waals surface area (Å²) in [6.45, 7) is 1.08. The molecule has 0 unspecified atom stereocenters. The van der Waals surface area contributed by atoms with Crippen LogP contribution < -0.4 is 0 Å². The van der Waals surface area contributed by atoms with Crippen LogP contribution >= 0.6 is 0 Å². The molecule has 4 nitrogen and oxygen atoms in total. The van der Waals surface area contributed by atoms with Crippen molar-refractivity contribution < 1.29 is 9.90 Å². The molecule has 0 spiro atoms. The predicted molar refractivity (Wildman–Crippen MR) is 70.4 cm³/mol. The fourth-order valence-corrected chi connectivity index (χ4v) is 1.70. The molecular weight excluding hydrogens is 228 g/mol. The fourth-order valence-electron chi connectivity index (χ4n) is 1.70. The Balaban J connectivity index is 0.000000267. The summed E-state index contributed by atoms with van der Waals surface area (Å²) in [5.41, 5.74) is 2.02. The third-order valence-electron chi connectivity index (χ3n) is 2.35. The second-order valence-electron chi connectivity index (χ2n) is 3.73. The second kappa shape index (κ2) is 5.23. The average molecular weight is 240 g/mol. The summed E-state index contributed by atoms with van der Waals surface area (Å²) in [6, 6.07) is 12.1. The van der Waals surface area contributed by atoms with Gasteiger partial charge in [0.05, 0.1) is 11.0 Å². The number of carbonyl (C=O) groups is 1. The minimum atomic E-state index is -0.833. The number of rotatable bonds is 0. The van der Waals surface area contributed by atoms with E-state index in [0.717, 1.165) is 28.7 Å². The Kier molecular flexibility index (Phi) is 3.48. The second-order valence-corrected chi connectivity index (χ2v) is 3.73. The summed E-state index contributed by atoms with van der Waals surface area (Å²) in [4.78, 5) is 17.7. The van der Waals surface area contributed by atoms with Gasteiger partial charge >= 0.3 is 0 Å². The lowest BCUT2D eigenvalue weighted by molar-refractivity contribution is -0.134. The van der Waals surface area contributed by atoms with Gasteiger partial charge in [0.15, 0.2) is 0 Å². The van der Waals surface area contributed by atoms with Gasteiger partial charge in [-0.2, -0.15) is 0 Å². The van der Waals surface area contributed by atoms with Crippen molar-refractivity contribution in [3.05, 3.63) is 48.8 Å². The van der Waals surface area contributed by atoms with Crippen LogP contribution in [0.5, 0.6) is 0 Å². The van der Waals surface area contributed by atoms with E-state index in [2.05, 4.69) is 28.2 Å². The summed E-state index contributed by atoms with van der Waals surface area (Å²) in [7, 11) is 0. The molecule has 4 heteroatoms. The number of fused-ring (bicyclic) bond motifs is 3. The molecule has 2 aromatic heterocycles. The summed E-state index contributed by atoms with van der Waals surface area (Å²) in [5.74, 6) is -0.833. The van der Waals surface area contributed by atoms with Gasteiger partial charge in [-0.25, -0.2) is 0 Å². The molecule has 0 aliphatic rings. The number of carboxylic acid groups (broad SMARTS) is 1. The Morgan fingerprint density at radius 1 is 1.06 bits per heavy atom. The number of carboxylic acids is 1. The van der Waals surface area contributed by atoms with Crippen molar-refractivity contribution in [1.82, 2.24) is 9.97 Å². The van der Waals surface area contributed by atoms with Crippen LogP contribution in [0.4, 0.5) is 0 Å². The van der Waals surface area contributed by atoms with Crippen LogP contribution in [0.2, 0.25) is 0 Å². The van der Waals surface area contributed by atoms with E-state index < -0.39 is 5.97 Å². The molecule has 0 aliphatic carbocycles. The van der Waals surface area contributed by atoms with Gasteiger partial charge in [0, 0.05) is 30.1 Å². The number of hydrogen-bond acceptors (Lipinski definition) is 3. The summed E-state index contributed by atoms with van der Waals surface area (Å²) < 4.78 is 0. The van der Waals surface area contributed by atoms with Crippen LogP contribution in [0.1, 0.15) is 6.92 Å². The van der Waals surface area contributed by atoms with Gasteiger partial charge in [-0.15, -0.1) is 0 Å². The first-order valence-electron chi connectivity index (χ1n) is 5.46. The van der Waals surface area contributed by atoms with E-state index >= 15 is 0 Å². The number of aliphatic carboxylic acids is 1. The highest BCUT2D eigenvalue weighted by atomic mass is 16.4. The van der Waals surface area contributed by atoms with Crippen LogP contribution in [-0.4, -0.2) is 21.0 Å². The Morgan fingerprint density at radius 2 is 1.72 bits per heavy atom. The fraction of sp³-hybridized carbons (Fsp3) is 0.0714. The molecule has 1 aromatic carbocycles. The van der Waals surface area contributed by atoms with E-state index in [0.29, 0.717) is 0 Å². The van der Waals surface area contributed by atoms with Gasteiger partial charge in [-0.1, -0.05) is 12.1 Å². The monoisotopic (exact) mass is 240 g/mol. The maximum absolute atomic E-state index is 9.00. The number of nitrogens with zero attached hydrogens (tertiary/aromatic N) is 2. The van der Waals surface area contributed by atoms with Crippen LogP contribution in [0.3, 0.4) is 0 Å². The normalized spacial score (nSPS) is 9.83. The van der Waals surface area contributed by atoms with E-state index in [1.807, 2.05) is 24.4 Å². The summed E-state index contributed by atoms with van der Waals surface area (Å²) in [5, 5.41) is 9.69. The highest BCUT2D eigenvalue weighted by molar-refractivity contribution is 6.03. The van der Waals surface area contributed by atoms with Crippen molar-refractivity contribution in [1.29, 1.82) is 0 Å². The van der Waals surface area contributed by atoms with E-state index in [4.69, 9.17) is 9.90 Å². The lowest BCUT2D eigenvalue weighted by atomic mass is 10.1. The smallest absolute Gasteiger partial charge is 0.300 e. The average Bonchev–Trinajstić information content (AvgIpc) is 2.38. The largest absolute Gasteiger partial charge is 0.481 e. The molecule has 0 saturated heterocycles. The first-order valence-corrected chi connectivity index (χ1v) is 5.46. The van der Waals surface area contributed by atoms with Crippen molar-refractivity contribution >= 4 is 27.8 Å². The van der Waals surface area contributed by atoms with Crippen LogP contribution in [0.15, 0.2) is 48.8 Å². The molecule has 0 atom stereocenters. The number of hydrogen-bond donors (Lipinski definition) is 1. The molecule has 18 heavy (non-hydrogen) atoms. The molecule has 0 aliphatic heterocycles. The zero-order valence-corrected chi connectivity index (χ0v) is 9.87. The molecule has 90 valence electrons. The lowest BCUT2D eigenvalue weighted by Crippen LogP contribution is -1.82. The molecule has 0 bridgehead atoms. The number of benzene rings is 1.